The number of rotatable bonds is 5. The van der Waals surface area contributed by atoms with Crippen LogP contribution in [0.4, 0.5) is 33.3 Å². The summed E-state index contributed by atoms with van der Waals surface area (Å²) in [7, 11) is 0. The number of amides is 1. The first-order valence-corrected chi connectivity index (χ1v) is 6.24. The highest BCUT2D eigenvalue weighted by Gasteiger charge is 2.63. The topological polar surface area (TPSA) is 32.3 Å². The number of nitrogens with one attached hydrogen (secondary N) is 1. The van der Waals surface area contributed by atoms with Crippen LogP contribution in [0.25, 0.3) is 0 Å². The van der Waals surface area contributed by atoms with Crippen LogP contribution in [0.3, 0.4) is 0 Å². The molecule has 1 N–H and O–H groups in total. The predicted octanol–water partition coefficient (Wildman–Crippen LogP) is 3.67. The molecule has 118 valence electrons. The van der Waals surface area contributed by atoms with E-state index in [4.69, 9.17) is 0 Å². The molecule has 1 aromatic carbocycles. The minimum Gasteiger partial charge on any atom is -0.372 e. The average Bonchev–Trinajstić information content (AvgIpc) is 2.40. The van der Waals surface area contributed by atoms with Gasteiger partial charge in [-0.05, 0) is 38.1 Å². The monoisotopic (exact) mass is 310 g/mol. The summed E-state index contributed by atoms with van der Waals surface area (Å²) in [5, 5.41) is 1.56. The van der Waals surface area contributed by atoms with Crippen LogP contribution in [0.2, 0.25) is 0 Å². The van der Waals surface area contributed by atoms with E-state index in [1.807, 2.05) is 18.7 Å². The summed E-state index contributed by atoms with van der Waals surface area (Å²) in [5.74, 6) is -7.82. The maximum absolute atomic E-state index is 12.8. The zero-order chi connectivity index (χ0) is 16.3. The Bertz CT molecular complexity index is 480. The molecule has 0 aromatic heterocycles. The fourth-order valence-corrected chi connectivity index (χ4v) is 1.68. The van der Waals surface area contributed by atoms with Crippen LogP contribution < -0.4 is 10.2 Å². The molecule has 1 amide bonds. The summed E-state index contributed by atoms with van der Waals surface area (Å²) in [6.07, 6.45) is -5.92. The minimum absolute atomic E-state index is 0.125. The van der Waals surface area contributed by atoms with Gasteiger partial charge in [0.2, 0.25) is 0 Å². The van der Waals surface area contributed by atoms with Crippen molar-refractivity contribution in [3.8, 4) is 0 Å². The van der Waals surface area contributed by atoms with E-state index < -0.39 is 18.0 Å². The van der Waals surface area contributed by atoms with Crippen molar-refractivity contribution in [2.45, 2.75) is 25.9 Å². The zero-order valence-corrected chi connectivity index (χ0v) is 11.5. The first-order chi connectivity index (χ1) is 9.63. The number of carbonyl (C=O) groups is 1. The normalized spacial score (nSPS) is 12.1. The molecule has 1 aromatic rings. The molecule has 1 rings (SSSR count). The van der Waals surface area contributed by atoms with Crippen LogP contribution in [0, 0.1) is 0 Å². The van der Waals surface area contributed by atoms with Gasteiger partial charge in [0.25, 0.3) is 0 Å². The van der Waals surface area contributed by atoms with E-state index in [1.165, 1.54) is 24.3 Å². The van der Waals surface area contributed by atoms with Gasteiger partial charge in [-0.3, -0.25) is 4.79 Å². The van der Waals surface area contributed by atoms with E-state index in [0.29, 0.717) is 13.1 Å². The molecule has 0 bridgehead atoms. The molecule has 0 aliphatic carbocycles. The Morgan fingerprint density at radius 1 is 1.05 bits per heavy atom. The van der Waals surface area contributed by atoms with Crippen molar-refractivity contribution in [3.05, 3.63) is 24.3 Å². The number of hydrogen-bond acceptors (Lipinski definition) is 2. The molecule has 0 fully saturated rings. The SMILES string of the molecule is CCN(CC)c1ccc(NC(=O)C(F)(F)C(F)(F)F)cc1. The zero-order valence-electron chi connectivity index (χ0n) is 11.5. The lowest BCUT2D eigenvalue weighted by Crippen LogP contribution is -2.47. The van der Waals surface area contributed by atoms with E-state index in [9.17, 15) is 26.7 Å². The minimum atomic E-state index is -5.92. The van der Waals surface area contributed by atoms with Crippen LogP contribution in [0.1, 0.15) is 13.8 Å². The molecule has 21 heavy (non-hydrogen) atoms. The number of benzene rings is 1. The number of nitrogens with zero attached hydrogens (tertiary/aromatic N) is 1. The second-order valence-electron chi connectivity index (χ2n) is 4.25. The highest BCUT2D eigenvalue weighted by molar-refractivity contribution is 5.96. The fraction of sp³-hybridized carbons (Fsp3) is 0.462. The second-order valence-corrected chi connectivity index (χ2v) is 4.25. The van der Waals surface area contributed by atoms with Gasteiger partial charge >= 0.3 is 18.0 Å². The van der Waals surface area contributed by atoms with E-state index >= 15 is 0 Å². The third-order valence-electron chi connectivity index (χ3n) is 2.89. The molecule has 0 heterocycles. The molecule has 0 radical (unpaired) electrons. The lowest BCUT2D eigenvalue weighted by atomic mass is 10.2. The lowest BCUT2D eigenvalue weighted by Gasteiger charge is -2.22. The molecule has 0 aliphatic rings. The Labute approximate surface area is 118 Å². The first kappa shape index (κ1) is 17.2. The summed E-state index contributed by atoms with van der Waals surface area (Å²) in [6.45, 7) is 5.27. The Morgan fingerprint density at radius 2 is 1.52 bits per heavy atom. The highest BCUT2D eigenvalue weighted by atomic mass is 19.4. The van der Waals surface area contributed by atoms with E-state index in [2.05, 4.69) is 0 Å². The van der Waals surface area contributed by atoms with Gasteiger partial charge in [-0.2, -0.15) is 22.0 Å². The van der Waals surface area contributed by atoms with Crippen molar-refractivity contribution in [2.75, 3.05) is 23.3 Å². The van der Waals surface area contributed by atoms with Crippen molar-refractivity contribution in [2.24, 2.45) is 0 Å². The largest absolute Gasteiger partial charge is 0.463 e. The fourth-order valence-electron chi connectivity index (χ4n) is 1.68. The second kappa shape index (κ2) is 6.28. The molecule has 0 unspecified atom stereocenters. The van der Waals surface area contributed by atoms with Gasteiger partial charge in [0, 0.05) is 24.5 Å². The molecule has 0 spiro atoms. The van der Waals surface area contributed by atoms with Gasteiger partial charge in [-0.15, -0.1) is 0 Å². The molecular weight excluding hydrogens is 295 g/mol. The van der Waals surface area contributed by atoms with Gasteiger partial charge in [0.15, 0.2) is 0 Å². The molecule has 8 heteroatoms. The Balaban J connectivity index is 2.83. The third-order valence-corrected chi connectivity index (χ3v) is 2.89. The summed E-state index contributed by atoms with van der Waals surface area (Å²) in [6, 6.07) is 5.62. The van der Waals surface area contributed by atoms with Crippen molar-refractivity contribution in [3.63, 3.8) is 0 Å². The van der Waals surface area contributed by atoms with Gasteiger partial charge < -0.3 is 10.2 Å². The van der Waals surface area contributed by atoms with Crippen LogP contribution in [0.5, 0.6) is 0 Å². The average molecular weight is 310 g/mol. The Kier molecular flexibility index (Phi) is 5.14. The van der Waals surface area contributed by atoms with E-state index in [-0.39, 0.29) is 5.69 Å². The Morgan fingerprint density at radius 3 is 1.90 bits per heavy atom. The smallest absolute Gasteiger partial charge is 0.372 e. The number of carbonyl (C=O) groups excluding carboxylic acids is 1. The first-order valence-electron chi connectivity index (χ1n) is 6.24. The molecule has 0 aliphatic heterocycles. The highest BCUT2D eigenvalue weighted by Crippen LogP contribution is 2.36. The molecule has 0 saturated heterocycles. The molecule has 3 nitrogen and oxygen atoms in total. The van der Waals surface area contributed by atoms with Gasteiger partial charge in [0.1, 0.15) is 0 Å². The molecular formula is C13H15F5N2O. The van der Waals surface area contributed by atoms with Crippen LogP contribution >= 0.6 is 0 Å². The summed E-state index contributed by atoms with van der Waals surface area (Å²) in [5.41, 5.74) is 0.653. The third kappa shape index (κ3) is 3.83. The van der Waals surface area contributed by atoms with Gasteiger partial charge in [-0.1, -0.05) is 0 Å². The van der Waals surface area contributed by atoms with Crippen LogP contribution in [0.15, 0.2) is 24.3 Å². The van der Waals surface area contributed by atoms with Crippen molar-refractivity contribution >= 4 is 17.3 Å². The number of hydrogen-bond donors (Lipinski definition) is 1. The summed E-state index contributed by atoms with van der Waals surface area (Å²) >= 11 is 0. The lowest BCUT2D eigenvalue weighted by molar-refractivity contribution is -0.267. The van der Waals surface area contributed by atoms with E-state index in [0.717, 1.165) is 5.69 Å². The molecule has 0 saturated carbocycles. The summed E-state index contributed by atoms with van der Waals surface area (Å²) in [4.78, 5) is 13.0. The number of anilines is 2. The van der Waals surface area contributed by atoms with Crippen molar-refractivity contribution < 1.29 is 26.7 Å². The summed E-state index contributed by atoms with van der Waals surface area (Å²) < 4.78 is 61.7. The standard InChI is InChI=1S/C13H15F5N2O/c1-3-20(4-2)10-7-5-9(6-8-10)19-11(21)12(14,15)13(16,17)18/h5-8H,3-4H2,1-2H3,(H,19,21). The quantitative estimate of drug-likeness (QED) is 0.842. The number of halogens is 5. The maximum atomic E-state index is 12.8. The number of alkyl halides is 5. The van der Waals surface area contributed by atoms with Crippen LogP contribution in [-0.2, 0) is 4.79 Å². The Hall–Kier alpha value is -1.86. The van der Waals surface area contributed by atoms with Gasteiger partial charge in [-0.25, -0.2) is 0 Å². The predicted molar refractivity (Wildman–Crippen MR) is 69.6 cm³/mol. The van der Waals surface area contributed by atoms with Crippen molar-refractivity contribution in [1.82, 2.24) is 0 Å². The maximum Gasteiger partial charge on any atom is 0.463 e. The molecule has 0 atom stereocenters. The van der Waals surface area contributed by atoms with E-state index in [1.54, 1.807) is 5.32 Å². The van der Waals surface area contributed by atoms with Crippen molar-refractivity contribution in [1.29, 1.82) is 0 Å². The van der Waals surface area contributed by atoms with Gasteiger partial charge in [0.05, 0.1) is 0 Å². The van der Waals surface area contributed by atoms with Crippen LogP contribution in [-0.4, -0.2) is 31.1 Å².